The molecule has 0 spiro atoms. The number of hydrogen-bond donors (Lipinski definition) is 5. The van der Waals surface area contributed by atoms with Gasteiger partial charge in [0.2, 0.25) is 0 Å². The maximum Gasteiger partial charge on any atom is 0.328 e. The summed E-state index contributed by atoms with van der Waals surface area (Å²) in [7, 11) is 0. The van der Waals surface area contributed by atoms with Crippen molar-refractivity contribution in [2.75, 3.05) is 24.5 Å². The number of nitrogens with zero attached hydrogens (tertiary/aromatic N) is 1. The molecule has 0 aromatic heterocycles. The quantitative estimate of drug-likeness (QED) is 0.216. The second-order valence-corrected chi connectivity index (χ2v) is 8.64. The molecule has 5 N–H and O–H groups in total. The lowest BCUT2D eigenvalue weighted by atomic mass is 10.0. The highest BCUT2D eigenvalue weighted by Gasteiger charge is 2.21. The number of aliphatic hydroxyl groups is 1. The van der Waals surface area contributed by atoms with Gasteiger partial charge in [-0.1, -0.05) is 35.9 Å². The number of carbonyl (C=O) groups is 3. The molecule has 1 aliphatic rings. The van der Waals surface area contributed by atoms with Crippen molar-refractivity contribution in [3.63, 3.8) is 0 Å². The van der Waals surface area contributed by atoms with Crippen molar-refractivity contribution in [3.05, 3.63) is 82.4 Å². The molecule has 1 heterocycles. The Hall–Kier alpha value is -3.66. The Bertz CT molecular complexity index is 1130. The summed E-state index contributed by atoms with van der Waals surface area (Å²) in [6.07, 6.45) is 7.74. The second kappa shape index (κ2) is 15.5. The largest absolute Gasteiger partial charge is 0.478 e. The standard InChI is InChI=1S/C23H27ClN2O3.C4H4O4/c24-20-9-8-18-6-7-19-14-17(16-27)5-10-21(19)26(22(18)15-20)13-2-1-11-25-12-3-4-23(28)29;5-3(6)1-2-4(7)8/h3-5,8-10,14-15,25,27H,1-2,6-7,11-13,16H2,(H,28,29);1-2H,(H,5,6)(H,7,8)/b4-3+;2-1-. The average Bonchev–Trinajstić information content (AvgIpc) is 3.00. The minimum absolute atomic E-state index is 0.0497. The molecule has 0 saturated carbocycles. The van der Waals surface area contributed by atoms with E-state index in [0.717, 1.165) is 61.1 Å². The van der Waals surface area contributed by atoms with Crippen LogP contribution < -0.4 is 10.2 Å². The first-order valence-electron chi connectivity index (χ1n) is 11.7. The lowest BCUT2D eigenvalue weighted by molar-refractivity contribution is -0.134. The molecule has 0 amide bonds. The van der Waals surface area contributed by atoms with Crippen molar-refractivity contribution in [1.82, 2.24) is 5.32 Å². The van der Waals surface area contributed by atoms with Crippen LogP contribution in [0.3, 0.4) is 0 Å². The van der Waals surface area contributed by atoms with Crippen LogP contribution in [0.1, 0.15) is 29.5 Å². The number of rotatable bonds is 11. The van der Waals surface area contributed by atoms with E-state index < -0.39 is 17.9 Å². The zero-order valence-electron chi connectivity index (χ0n) is 20.3. The normalized spacial score (nSPS) is 12.4. The molecule has 3 rings (SSSR count). The van der Waals surface area contributed by atoms with E-state index in [4.69, 9.17) is 26.9 Å². The fourth-order valence-corrected chi connectivity index (χ4v) is 4.01. The maximum absolute atomic E-state index is 10.5. The van der Waals surface area contributed by atoms with Gasteiger partial charge in [0.25, 0.3) is 0 Å². The number of nitrogens with one attached hydrogen (secondary N) is 1. The fourth-order valence-electron chi connectivity index (χ4n) is 3.85. The number of carboxylic acid groups (broad SMARTS) is 3. The van der Waals surface area contributed by atoms with Crippen LogP contribution in [0.4, 0.5) is 11.4 Å². The Balaban J connectivity index is 0.000000521. The van der Waals surface area contributed by atoms with E-state index in [1.807, 2.05) is 18.2 Å². The molecule has 0 radical (unpaired) electrons. The molecule has 0 unspecified atom stereocenters. The zero-order chi connectivity index (χ0) is 27.2. The van der Waals surface area contributed by atoms with Crippen LogP contribution in [0, 0.1) is 0 Å². The number of anilines is 2. The summed E-state index contributed by atoms with van der Waals surface area (Å²) in [6, 6.07) is 12.3. The maximum atomic E-state index is 10.5. The molecule has 2 aromatic carbocycles. The van der Waals surface area contributed by atoms with Gasteiger partial charge in [-0.15, -0.1) is 0 Å². The van der Waals surface area contributed by atoms with Crippen LogP contribution in [0.2, 0.25) is 5.02 Å². The predicted molar refractivity (Wildman–Crippen MR) is 142 cm³/mol. The Morgan fingerprint density at radius 3 is 2.19 bits per heavy atom. The summed E-state index contributed by atoms with van der Waals surface area (Å²) in [6.45, 7) is 2.30. The summed E-state index contributed by atoms with van der Waals surface area (Å²) < 4.78 is 0. The Morgan fingerprint density at radius 2 is 1.54 bits per heavy atom. The van der Waals surface area contributed by atoms with Gasteiger partial charge < -0.3 is 30.6 Å². The third-order valence-electron chi connectivity index (χ3n) is 5.50. The Morgan fingerprint density at radius 1 is 0.865 bits per heavy atom. The van der Waals surface area contributed by atoms with Crippen molar-refractivity contribution in [1.29, 1.82) is 0 Å². The van der Waals surface area contributed by atoms with Crippen molar-refractivity contribution in [2.24, 2.45) is 0 Å². The van der Waals surface area contributed by atoms with E-state index in [-0.39, 0.29) is 6.61 Å². The molecule has 0 saturated heterocycles. The molecule has 2 aromatic rings. The molecule has 0 fully saturated rings. The van der Waals surface area contributed by atoms with Gasteiger partial charge >= 0.3 is 17.9 Å². The molecule has 0 atom stereocenters. The van der Waals surface area contributed by atoms with Crippen molar-refractivity contribution >= 4 is 40.9 Å². The first kappa shape index (κ1) is 29.6. The van der Waals surface area contributed by atoms with Crippen LogP contribution in [-0.4, -0.2) is 58.0 Å². The first-order valence-corrected chi connectivity index (χ1v) is 12.1. The zero-order valence-corrected chi connectivity index (χ0v) is 21.0. The Kier molecular flexibility index (Phi) is 12.3. The molecular formula is C27H31ClN2O7. The lowest BCUT2D eigenvalue weighted by Crippen LogP contribution is -2.22. The highest BCUT2D eigenvalue weighted by atomic mass is 35.5. The van der Waals surface area contributed by atoms with Crippen molar-refractivity contribution < 1.29 is 34.8 Å². The minimum atomic E-state index is -1.26. The topological polar surface area (TPSA) is 147 Å². The SMILES string of the molecule is O=C(O)/C=C/CNCCCCN1c2ccc(CO)cc2CCc2ccc(Cl)cc21.O=C(O)/C=C\C(=O)O. The molecule has 0 bridgehead atoms. The Labute approximate surface area is 220 Å². The summed E-state index contributed by atoms with van der Waals surface area (Å²) in [5, 5.41) is 37.7. The van der Waals surface area contributed by atoms with Gasteiger partial charge in [0.15, 0.2) is 0 Å². The van der Waals surface area contributed by atoms with Gasteiger partial charge in [0.1, 0.15) is 0 Å². The van der Waals surface area contributed by atoms with Crippen LogP contribution in [0.25, 0.3) is 0 Å². The summed E-state index contributed by atoms with van der Waals surface area (Å²) >= 11 is 6.31. The number of aliphatic hydroxyl groups excluding tert-OH is 1. The summed E-state index contributed by atoms with van der Waals surface area (Å²) in [5.41, 5.74) is 5.81. The van der Waals surface area contributed by atoms with E-state index in [2.05, 4.69) is 28.4 Å². The fraction of sp³-hybridized carbons (Fsp3) is 0.296. The molecule has 10 heteroatoms. The number of benzene rings is 2. The van der Waals surface area contributed by atoms with Gasteiger partial charge in [-0.25, -0.2) is 14.4 Å². The molecule has 9 nitrogen and oxygen atoms in total. The van der Waals surface area contributed by atoms with Crippen molar-refractivity contribution in [2.45, 2.75) is 32.3 Å². The third-order valence-corrected chi connectivity index (χ3v) is 5.73. The monoisotopic (exact) mass is 530 g/mol. The van der Waals surface area contributed by atoms with Gasteiger partial charge in [0, 0.05) is 47.7 Å². The van der Waals surface area contributed by atoms with Gasteiger partial charge in [-0.2, -0.15) is 0 Å². The van der Waals surface area contributed by atoms with E-state index >= 15 is 0 Å². The number of carboxylic acids is 3. The highest BCUT2D eigenvalue weighted by molar-refractivity contribution is 6.30. The molecule has 1 aliphatic heterocycles. The summed E-state index contributed by atoms with van der Waals surface area (Å²) in [4.78, 5) is 31.9. The minimum Gasteiger partial charge on any atom is -0.478 e. The first-order chi connectivity index (χ1) is 17.7. The van der Waals surface area contributed by atoms with Gasteiger partial charge in [-0.05, 0) is 67.1 Å². The van der Waals surface area contributed by atoms with E-state index in [1.165, 1.54) is 16.8 Å². The molecule has 0 aliphatic carbocycles. The molecule has 198 valence electrons. The van der Waals surface area contributed by atoms with E-state index in [1.54, 1.807) is 6.08 Å². The van der Waals surface area contributed by atoms with Crippen LogP contribution in [0.15, 0.2) is 60.7 Å². The van der Waals surface area contributed by atoms with E-state index in [0.29, 0.717) is 18.7 Å². The number of aliphatic carboxylic acids is 3. The van der Waals surface area contributed by atoms with Gasteiger partial charge in [-0.3, -0.25) is 0 Å². The van der Waals surface area contributed by atoms with Crippen LogP contribution in [-0.2, 0) is 33.8 Å². The number of aryl methyl sites for hydroxylation is 2. The number of unbranched alkanes of at least 4 members (excludes halogenated alkanes) is 1. The van der Waals surface area contributed by atoms with Crippen molar-refractivity contribution in [3.8, 4) is 0 Å². The smallest absolute Gasteiger partial charge is 0.328 e. The molecular weight excluding hydrogens is 500 g/mol. The molecule has 37 heavy (non-hydrogen) atoms. The van der Waals surface area contributed by atoms with Crippen LogP contribution >= 0.6 is 11.6 Å². The number of halogens is 1. The highest BCUT2D eigenvalue weighted by Crippen LogP contribution is 2.38. The predicted octanol–water partition coefficient (Wildman–Crippen LogP) is 3.79. The second-order valence-electron chi connectivity index (χ2n) is 8.21. The number of fused-ring (bicyclic) bond motifs is 2. The average molecular weight is 531 g/mol. The summed E-state index contributed by atoms with van der Waals surface area (Å²) in [5.74, 6) is -3.44. The number of hydrogen-bond acceptors (Lipinski definition) is 6. The van der Waals surface area contributed by atoms with Crippen LogP contribution in [0.5, 0.6) is 0 Å². The third kappa shape index (κ3) is 10.5. The van der Waals surface area contributed by atoms with E-state index in [9.17, 15) is 19.5 Å². The van der Waals surface area contributed by atoms with Gasteiger partial charge in [0.05, 0.1) is 6.61 Å². The lowest BCUT2D eigenvalue weighted by Gasteiger charge is -2.27.